The number of ether oxygens (including phenoxy) is 5. The van der Waals surface area contributed by atoms with E-state index in [-0.39, 0.29) is 53.1 Å². The van der Waals surface area contributed by atoms with E-state index in [1.165, 1.54) is 19.8 Å². The van der Waals surface area contributed by atoms with Gasteiger partial charge >= 0.3 is 29.8 Å². The topological polar surface area (TPSA) is 132 Å². The molecular weight excluding hydrogens is 544 g/mol. The van der Waals surface area contributed by atoms with Crippen LogP contribution in [0.4, 0.5) is 0 Å². The first-order valence-corrected chi connectivity index (χ1v) is 14.7. The van der Waals surface area contributed by atoms with Crippen LogP contribution in [0.1, 0.15) is 79.6 Å². The van der Waals surface area contributed by atoms with Gasteiger partial charge in [0.1, 0.15) is 17.8 Å². The molecule has 0 N–H and O–H groups in total. The molecule has 3 saturated carbocycles. The number of carbonyl (C=O) groups is 5. The lowest BCUT2D eigenvalue weighted by atomic mass is 9.88. The molecule has 0 aromatic heterocycles. The highest BCUT2D eigenvalue weighted by molar-refractivity contribution is 5.90. The number of carbonyl (C=O) groups excluding carboxylic acids is 5. The Bertz CT molecular complexity index is 1130. The van der Waals surface area contributed by atoms with Crippen LogP contribution in [0, 0.1) is 23.7 Å². The second kappa shape index (κ2) is 13.7. The van der Waals surface area contributed by atoms with Crippen LogP contribution in [-0.2, 0) is 47.7 Å². The molecule has 0 aromatic carbocycles. The molecule has 0 radical (unpaired) electrons. The lowest BCUT2D eigenvalue weighted by Crippen LogP contribution is -2.37. The van der Waals surface area contributed by atoms with Gasteiger partial charge in [0.05, 0.1) is 12.5 Å². The summed E-state index contributed by atoms with van der Waals surface area (Å²) in [5, 5.41) is 0. The monoisotopic (exact) mass is 588 g/mol. The van der Waals surface area contributed by atoms with Crippen LogP contribution in [0.25, 0.3) is 0 Å². The second-order valence-corrected chi connectivity index (χ2v) is 12.3. The van der Waals surface area contributed by atoms with E-state index in [1.54, 1.807) is 13.8 Å². The van der Waals surface area contributed by atoms with Gasteiger partial charge < -0.3 is 23.7 Å². The molecule has 2 saturated heterocycles. The van der Waals surface area contributed by atoms with Crippen LogP contribution < -0.4 is 0 Å². The van der Waals surface area contributed by atoms with E-state index in [0.29, 0.717) is 36.0 Å². The molecule has 2 heterocycles. The minimum absolute atomic E-state index is 0.0646. The average molecular weight is 589 g/mol. The molecule has 42 heavy (non-hydrogen) atoms. The zero-order chi connectivity index (χ0) is 31.4. The fourth-order valence-electron chi connectivity index (χ4n) is 6.15. The third-order valence-corrected chi connectivity index (χ3v) is 8.64. The quantitative estimate of drug-likeness (QED) is 0.237. The molecule has 5 aliphatic rings. The van der Waals surface area contributed by atoms with Crippen molar-refractivity contribution in [3.63, 3.8) is 0 Å². The lowest BCUT2D eigenvalue weighted by Gasteiger charge is -2.33. The molecule has 6 atom stereocenters. The molecule has 2 bridgehead atoms. The largest absolute Gasteiger partial charge is 0.463 e. The van der Waals surface area contributed by atoms with E-state index in [2.05, 4.69) is 38.3 Å². The molecule has 0 spiro atoms. The molecule has 5 fully saturated rings. The number of fused-ring (bicyclic) bond motifs is 1. The van der Waals surface area contributed by atoms with Crippen LogP contribution in [0.15, 0.2) is 36.5 Å². The Hall–Kier alpha value is -3.43. The summed E-state index contributed by atoms with van der Waals surface area (Å²) in [6.45, 7) is 20.0. The van der Waals surface area contributed by atoms with Gasteiger partial charge in [0.15, 0.2) is 0 Å². The van der Waals surface area contributed by atoms with Crippen molar-refractivity contribution in [2.45, 2.75) is 103 Å². The van der Waals surface area contributed by atoms with Crippen molar-refractivity contribution in [3.8, 4) is 0 Å². The van der Waals surface area contributed by atoms with Crippen LogP contribution in [0.2, 0.25) is 0 Å². The number of esters is 5. The van der Waals surface area contributed by atoms with E-state index in [4.69, 9.17) is 18.9 Å². The molecule has 0 aromatic rings. The van der Waals surface area contributed by atoms with E-state index < -0.39 is 18.0 Å². The van der Waals surface area contributed by atoms with Crippen molar-refractivity contribution in [3.05, 3.63) is 36.5 Å². The predicted octanol–water partition coefficient (Wildman–Crippen LogP) is 4.55. The van der Waals surface area contributed by atoms with E-state index in [1.807, 2.05) is 0 Å². The van der Waals surface area contributed by atoms with Gasteiger partial charge in [-0.3, -0.25) is 4.79 Å². The van der Waals surface area contributed by atoms with Crippen molar-refractivity contribution >= 4 is 29.8 Å². The maximum absolute atomic E-state index is 11.5. The van der Waals surface area contributed by atoms with E-state index >= 15 is 0 Å². The van der Waals surface area contributed by atoms with Crippen LogP contribution >= 0.6 is 0 Å². The maximum Gasteiger partial charge on any atom is 0.347 e. The fraction of sp³-hybridized carbons (Fsp3) is 0.656. The summed E-state index contributed by atoms with van der Waals surface area (Å²) < 4.78 is 25.6. The van der Waals surface area contributed by atoms with Crippen molar-refractivity contribution in [2.75, 3.05) is 6.61 Å². The number of rotatable bonds is 7. The van der Waals surface area contributed by atoms with Gasteiger partial charge in [-0.15, -0.1) is 0 Å². The summed E-state index contributed by atoms with van der Waals surface area (Å²) in [5.41, 5.74) is 0.964. The minimum atomic E-state index is -0.728. The van der Waals surface area contributed by atoms with Crippen molar-refractivity contribution in [1.82, 2.24) is 0 Å². The summed E-state index contributed by atoms with van der Waals surface area (Å²) in [7, 11) is 0. The van der Waals surface area contributed by atoms with Gasteiger partial charge in [0, 0.05) is 35.0 Å². The first-order valence-electron chi connectivity index (χ1n) is 14.7. The average Bonchev–Trinajstić information content (AvgIpc) is 3.73. The predicted molar refractivity (Wildman–Crippen MR) is 151 cm³/mol. The molecule has 3 aliphatic carbocycles. The smallest absolute Gasteiger partial charge is 0.347 e. The van der Waals surface area contributed by atoms with Crippen molar-refractivity contribution in [1.29, 1.82) is 0 Å². The summed E-state index contributed by atoms with van der Waals surface area (Å²) in [4.78, 5) is 56.2. The summed E-state index contributed by atoms with van der Waals surface area (Å²) >= 11 is 0. The molecule has 5 rings (SSSR count). The van der Waals surface area contributed by atoms with Crippen LogP contribution in [-0.4, -0.2) is 60.4 Å². The number of cyclic esters (lactones) is 1. The Labute approximate surface area is 247 Å². The third-order valence-electron chi connectivity index (χ3n) is 8.64. The van der Waals surface area contributed by atoms with Gasteiger partial charge in [-0.2, -0.15) is 0 Å². The zero-order valence-corrected chi connectivity index (χ0v) is 25.4. The first kappa shape index (κ1) is 33.1. The Morgan fingerprint density at radius 3 is 1.93 bits per heavy atom. The molecule has 232 valence electrons. The Morgan fingerprint density at radius 2 is 1.43 bits per heavy atom. The SMILES string of the molecule is C=C(C)C(=O)OC1(C(C)C)CCCC1.C=C(C)C(=O)OC1C2CC3C(=O)OC1C3C2.C=C(C)C(=O)OC1CCOC1=O. The standard InChI is InChI=1S/C12H14O4.C12H20O2.C8H10O4/c1-5(2)11(13)15-9-6-3-7-8(4-6)12(14)16-10(7)9;1-9(2)11(13)14-12(10(3)4)7-5-6-8-12;1-5(2)7(9)12-6-3-4-11-8(6)10/h6-10H,1,3-4H2,2H3;10H,1,5-8H2,2-4H3;6H,1,3-4H2,2H3. The normalized spacial score (nSPS) is 29.3. The van der Waals surface area contributed by atoms with Gasteiger partial charge in [-0.05, 0) is 65.2 Å². The molecule has 10 heteroatoms. The Morgan fingerprint density at radius 1 is 0.857 bits per heavy atom. The number of hydrogen-bond donors (Lipinski definition) is 0. The maximum atomic E-state index is 11.5. The summed E-state index contributed by atoms with van der Waals surface area (Å²) in [5.74, 6) is -0.689. The van der Waals surface area contributed by atoms with E-state index in [0.717, 1.165) is 25.7 Å². The Balaban J connectivity index is 0.000000175. The summed E-state index contributed by atoms with van der Waals surface area (Å²) in [6.07, 6.45) is 5.39. The molecular formula is C32H44O10. The summed E-state index contributed by atoms with van der Waals surface area (Å²) in [6, 6.07) is 0. The molecule has 2 aliphatic heterocycles. The van der Waals surface area contributed by atoms with Crippen LogP contribution in [0.5, 0.6) is 0 Å². The van der Waals surface area contributed by atoms with Gasteiger partial charge in [-0.1, -0.05) is 33.6 Å². The third kappa shape index (κ3) is 7.50. The van der Waals surface area contributed by atoms with Crippen molar-refractivity contribution in [2.24, 2.45) is 23.7 Å². The fourth-order valence-corrected chi connectivity index (χ4v) is 6.15. The lowest BCUT2D eigenvalue weighted by molar-refractivity contribution is -0.159. The minimum Gasteiger partial charge on any atom is -0.463 e. The van der Waals surface area contributed by atoms with Crippen LogP contribution in [0.3, 0.4) is 0 Å². The second-order valence-electron chi connectivity index (χ2n) is 12.3. The number of hydrogen-bond acceptors (Lipinski definition) is 10. The zero-order valence-electron chi connectivity index (χ0n) is 25.4. The van der Waals surface area contributed by atoms with Gasteiger partial charge in [-0.25, -0.2) is 19.2 Å². The highest BCUT2D eigenvalue weighted by Crippen LogP contribution is 2.55. The van der Waals surface area contributed by atoms with Gasteiger partial charge in [0.25, 0.3) is 0 Å². The molecule has 10 nitrogen and oxygen atoms in total. The van der Waals surface area contributed by atoms with Gasteiger partial charge in [0.2, 0.25) is 6.10 Å². The van der Waals surface area contributed by atoms with E-state index in [9.17, 15) is 24.0 Å². The molecule has 0 amide bonds. The first-order chi connectivity index (χ1) is 19.7. The highest BCUT2D eigenvalue weighted by atomic mass is 16.6. The molecule has 6 unspecified atom stereocenters. The Kier molecular flexibility index (Phi) is 10.8. The highest BCUT2D eigenvalue weighted by Gasteiger charge is 2.63. The van der Waals surface area contributed by atoms with Crippen molar-refractivity contribution < 1.29 is 47.7 Å².